The highest BCUT2D eigenvalue weighted by Gasteiger charge is 2.39. The second-order valence-corrected chi connectivity index (χ2v) is 7.15. The van der Waals surface area contributed by atoms with Gasteiger partial charge < -0.3 is 10.2 Å². The van der Waals surface area contributed by atoms with Crippen LogP contribution in [0, 0.1) is 5.82 Å². The maximum Gasteiger partial charge on any atom is 0.125 e. The molecule has 1 saturated carbocycles. The molecule has 3 rings (SSSR count). The SMILES string of the molecule is CC1CNC2(CCCCC2)CN1c1cc(F)ccc1Br. The number of halogens is 2. The largest absolute Gasteiger partial charge is 0.365 e. The van der Waals surface area contributed by atoms with Crippen molar-refractivity contribution in [3.8, 4) is 0 Å². The Morgan fingerprint density at radius 3 is 2.80 bits per heavy atom. The van der Waals surface area contributed by atoms with Crippen LogP contribution in [0.25, 0.3) is 0 Å². The number of anilines is 1. The van der Waals surface area contributed by atoms with Crippen LogP contribution in [0.2, 0.25) is 0 Å². The molecule has 1 aromatic rings. The van der Waals surface area contributed by atoms with Crippen molar-refractivity contribution in [1.82, 2.24) is 5.32 Å². The van der Waals surface area contributed by atoms with Crippen LogP contribution in [0.1, 0.15) is 39.0 Å². The van der Waals surface area contributed by atoms with Crippen LogP contribution in [0.15, 0.2) is 22.7 Å². The van der Waals surface area contributed by atoms with Crippen LogP contribution in [-0.4, -0.2) is 24.7 Å². The van der Waals surface area contributed by atoms with Gasteiger partial charge in [-0.1, -0.05) is 19.3 Å². The summed E-state index contributed by atoms with van der Waals surface area (Å²) in [5, 5.41) is 3.77. The number of benzene rings is 1. The molecule has 1 spiro atoms. The van der Waals surface area contributed by atoms with E-state index in [1.807, 2.05) is 6.07 Å². The molecule has 1 saturated heterocycles. The molecule has 2 fully saturated rings. The normalized spacial score (nSPS) is 25.9. The topological polar surface area (TPSA) is 15.3 Å². The Morgan fingerprint density at radius 1 is 1.30 bits per heavy atom. The summed E-state index contributed by atoms with van der Waals surface area (Å²) < 4.78 is 14.6. The van der Waals surface area contributed by atoms with Crippen molar-refractivity contribution in [2.45, 2.75) is 50.6 Å². The molecular formula is C16H22BrFN2. The van der Waals surface area contributed by atoms with Gasteiger partial charge >= 0.3 is 0 Å². The number of nitrogens with one attached hydrogen (secondary N) is 1. The molecule has 4 heteroatoms. The van der Waals surface area contributed by atoms with Crippen molar-refractivity contribution in [1.29, 1.82) is 0 Å². The van der Waals surface area contributed by atoms with E-state index in [9.17, 15) is 4.39 Å². The molecule has 110 valence electrons. The summed E-state index contributed by atoms with van der Waals surface area (Å²) in [5.41, 5.74) is 1.22. The molecule has 20 heavy (non-hydrogen) atoms. The Balaban J connectivity index is 1.88. The molecule has 0 radical (unpaired) electrons. The van der Waals surface area contributed by atoms with E-state index in [0.717, 1.165) is 23.2 Å². The molecule has 1 aliphatic heterocycles. The molecular weight excluding hydrogens is 319 g/mol. The van der Waals surface area contributed by atoms with E-state index in [1.165, 1.54) is 38.2 Å². The van der Waals surface area contributed by atoms with Gasteiger partial charge in [-0.05, 0) is 53.9 Å². The first-order valence-electron chi connectivity index (χ1n) is 7.56. The number of hydrogen-bond donors (Lipinski definition) is 1. The summed E-state index contributed by atoms with van der Waals surface area (Å²) in [4.78, 5) is 2.37. The summed E-state index contributed by atoms with van der Waals surface area (Å²) >= 11 is 3.58. The summed E-state index contributed by atoms with van der Waals surface area (Å²) in [6, 6.07) is 5.37. The number of rotatable bonds is 1. The van der Waals surface area contributed by atoms with Crippen LogP contribution >= 0.6 is 15.9 Å². The van der Waals surface area contributed by atoms with Crippen LogP contribution < -0.4 is 10.2 Å². The molecule has 0 aromatic heterocycles. The van der Waals surface area contributed by atoms with Gasteiger partial charge in [0, 0.05) is 29.1 Å². The summed E-state index contributed by atoms with van der Waals surface area (Å²) in [6.07, 6.45) is 6.44. The van der Waals surface area contributed by atoms with Gasteiger partial charge in [0.25, 0.3) is 0 Å². The zero-order chi connectivity index (χ0) is 14.2. The van der Waals surface area contributed by atoms with E-state index in [1.54, 1.807) is 6.07 Å². The van der Waals surface area contributed by atoms with Crippen LogP contribution in [-0.2, 0) is 0 Å². The van der Waals surface area contributed by atoms with E-state index in [-0.39, 0.29) is 11.4 Å². The molecule has 1 aromatic carbocycles. The van der Waals surface area contributed by atoms with Gasteiger partial charge in [-0.2, -0.15) is 0 Å². The van der Waals surface area contributed by atoms with Crippen LogP contribution in [0.4, 0.5) is 10.1 Å². The summed E-state index contributed by atoms with van der Waals surface area (Å²) in [7, 11) is 0. The van der Waals surface area contributed by atoms with Crippen molar-refractivity contribution in [3.63, 3.8) is 0 Å². The Bertz CT molecular complexity index is 485. The van der Waals surface area contributed by atoms with Crippen LogP contribution in [0.5, 0.6) is 0 Å². The van der Waals surface area contributed by atoms with Crippen molar-refractivity contribution in [2.24, 2.45) is 0 Å². The van der Waals surface area contributed by atoms with Gasteiger partial charge in [-0.25, -0.2) is 4.39 Å². The Hall–Kier alpha value is -0.610. The molecule has 2 nitrogen and oxygen atoms in total. The molecule has 1 unspecified atom stereocenters. The lowest BCUT2D eigenvalue weighted by Crippen LogP contribution is -2.64. The molecule has 0 amide bonds. The van der Waals surface area contributed by atoms with E-state index < -0.39 is 0 Å². The van der Waals surface area contributed by atoms with E-state index in [4.69, 9.17) is 0 Å². The average molecular weight is 341 g/mol. The van der Waals surface area contributed by atoms with Crippen LogP contribution in [0.3, 0.4) is 0 Å². The van der Waals surface area contributed by atoms with Crippen molar-refractivity contribution in [2.75, 3.05) is 18.0 Å². The van der Waals surface area contributed by atoms with Gasteiger partial charge in [0.05, 0.1) is 5.69 Å². The third kappa shape index (κ3) is 2.73. The average Bonchev–Trinajstić information content (AvgIpc) is 2.46. The minimum atomic E-state index is -0.161. The predicted octanol–water partition coefficient (Wildman–Crippen LogP) is 4.09. The van der Waals surface area contributed by atoms with Gasteiger partial charge in [0.2, 0.25) is 0 Å². The first-order chi connectivity index (χ1) is 9.60. The predicted molar refractivity (Wildman–Crippen MR) is 84.7 cm³/mol. The fourth-order valence-corrected chi connectivity index (χ4v) is 4.08. The highest BCUT2D eigenvalue weighted by atomic mass is 79.9. The van der Waals surface area contributed by atoms with Crippen molar-refractivity contribution >= 4 is 21.6 Å². The molecule has 1 aliphatic carbocycles. The van der Waals surface area contributed by atoms with Gasteiger partial charge in [0.1, 0.15) is 5.82 Å². The fourth-order valence-electron chi connectivity index (χ4n) is 3.60. The van der Waals surface area contributed by atoms with E-state index in [2.05, 4.69) is 33.1 Å². The Kier molecular flexibility index (Phi) is 4.04. The lowest BCUT2D eigenvalue weighted by molar-refractivity contribution is 0.200. The van der Waals surface area contributed by atoms with Gasteiger partial charge in [0.15, 0.2) is 0 Å². The molecule has 1 heterocycles. The first-order valence-corrected chi connectivity index (χ1v) is 8.36. The maximum atomic E-state index is 13.6. The lowest BCUT2D eigenvalue weighted by atomic mass is 9.79. The minimum Gasteiger partial charge on any atom is -0.365 e. The number of hydrogen-bond acceptors (Lipinski definition) is 2. The molecule has 0 bridgehead atoms. The Labute approximate surface area is 128 Å². The smallest absolute Gasteiger partial charge is 0.125 e. The van der Waals surface area contributed by atoms with Crippen molar-refractivity contribution < 1.29 is 4.39 Å². The molecule has 1 atom stereocenters. The minimum absolute atomic E-state index is 0.161. The zero-order valence-electron chi connectivity index (χ0n) is 12.0. The Morgan fingerprint density at radius 2 is 2.05 bits per heavy atom. The number of nitrogens with zero attached hydrogens (tertiary/aromatic N) is 1. The van der Waals surface area contributed by atoms with Gasteiger partial charge in [-0.3, -0.25) is 0 Å². The van der Waals surface area contributed by atoms with Crippen molar-refractivity contribution in [3.05, 3.63) is 28.5 Å². The quantitative estimate of drug-likeness (QED) is 0.828. The second kappa shape index (κ2) is 5.64. The second-order valence-electron chi connectivity index (χ2n) is 6.29. The molecule has 1 N–H and O–H groups in total. The summed E-state index contributed by atoms with van der Waals surface area (Å²) in [6.45, 7) is 4.17. The highest BCUT2D eigenvalue weighted by molar-refractivity contribution is 9.10. The third-order valence-electron chi connectivity index (χ3n) is 4.81. The van der Waals surface area contributed by atoms with E-state index in [0.29, 0.717) is 6.04 Å². The zero-order valence-corrected chi connectivity index (χ0v) is 13.5. The summed E-state index contributed by atoms with van der Waals surface area (Å²) in [5.74, 6) is -0.161. The van der Waals surface area contributed by atoms with E-state index >= 15 is 0 Å². The lowest BCUT2D eigenvalue weighted by Gasteiger charge is -2.50. The molecule has 2 aliphatic rings. The highest BCUT2D eigenvalue weighted by Crippen LogP contribution is 2.36. The third-order valence-corrected chi connectivity index (χ3v) is 5.48. The standard InChI is InChI=1S/C16H22BrFN2/c1-12-10-19-16(7-3-2-4-8-16)11-20(12)15-9-13(18)5-6-14(15)17/h5-6,9,12,19H,2-4,7-8,10-11H2,1H3. The number of piperazine rings is 1. The monoisotopic (exact) mass is 340 g/mol. The van der Waals surface area contributed by atoms with Gasteiger partial charge in [-0.15, -0.1) is 0 Å². The maximum absolute atomic E-state index is 13.6. The fraction of sp³-hybridized carbons (Fsp3) is 0.625. The first kappa shape index (κ1) is 14.3.